The van der Waals surface area contributed by atoms with E-state index in [1.807, 2.05) is 26.8 Å². The van der Waals surface area contributed by atoms with Crippen LogP contribution in [0.15, 0.2) is 11.3 Å². The summed E-state index contributed by atoms with van der Waals surface area (Å²) in [6.45, 7) is 9.01. The smallest absolute Gasteiger partial charge is 0.350 e. The summed E-state index contributed by atoms with van der Waals surface area (Å²) in [4.78, 5) is 12.1. The summed E-state index contributed by atoms with van der Waals surface area (Å²) >= 11 is 0. The van der Waals surface area contributed by atoms with Gasteiger partial charge in [0, 0.05) is 31.4 Å². The number of rotatable bonds is 9. The van der Waals surface area contributed by atoms with Crippen LogP contribution in [-0.2, 0) is 19.0 Å². The fourth-order valence-electron chi connectivity index (χ4n) is 2.21. The topological polar surface area (TPSA) is 80.6 Å². The van der Waals surface area contributed by atoms with Crippen molar-refractivity contribution in [3.8, 4) is 6.07 Å². The summed E-state index contributed by atoms with van der Waals surface area (Å²) in [5.41, 5.74) is 0.682. The van der Waals surface area contributed by atoms with Gasteiger partial charge in [0.25, 0.3) is 0 Å². The van der Waals surface area contributed by atoms with E-state index in [4.69, 9.17) is 14.2 Å². The first-order valence-electron chi connectivity index (χ1n) is 7.80. The lowest BCUT2D eigenvalue weighted by molar-refractivity contribution is -0.140. The Bertz CT molecular complexity index is 420. The van der Waals surface area contributed by atoms with Gasteiger partial charge in [0.15, 0.2) is 5.57 Å². The zero-order valence-corrected chi connectivity index (χ0v) is 13.7. The number of hydrogen-bond donors (Lipinski definition) is 1. The second kappa shape index (κ2) is 10.2. The first-order chi connectivity index (χ1) is 10.6. The Balaban J connectivity index is 2.65. The van der Waals surface area contributed by atoms with Gasteiger partial charge in [-0.25, -0.2) is 4.79 Å². The summed E-state index contributed by atoms with van der Waals surface area (Å²) < 4.78 is 15.5. The second-order valence-electron chi connectivity index (χ2n) is 5.50. The number of carbonyl (C=O) groups is 1. The van der Waals surface area contributed by atoms with Gasteiger partial charge in [-0.3, -0.25) is 0 Å². The maximum Gasteiger partial charge on any atom is 0.350 e. The summed E-state index contributed by atoms with van der Waals surface area (Å²) in [7, 11) is 0. The zero-order valence-electron chi connectivity index (χ0n) is 13.7. The Hall–Kier alpha value is -1.58. The highest BCUT2D eigenvalue weighted by Crippen LogP contribution is 2.16. The van der Waals surface area contributed by atoms with Crippen molar-refractivity contribution in [1.29, 1.82) is 5.26 Å². The van der Waals surface area contributed by atoms with Crippen molar-refractivity contribution in [3.05, 3.63) is 11.3 Å². The number of nitriles is 1. The number of ether oxygens (including phenoxy) is 3. The van der Waals surface area contributed by atoms with E-state index >= 15 is 0 Å². The van der Waals surface area contributed by atoms with Crippen molar-refractivity contribution in [2.45, 2.75) is 27.2 Å². The van der Waals surface area contributed by atoms with Crippen LogP contribution in [-0.4, -0.2) is 45.5 Å². The first kappa shape index (κ1) is 18.5. The van der Waals surface area contributed by atoms with E-state index in [0.29, 0.717) is 31.4 Å². The van der Waals surface area contributed by atoms with E-state index in [2.05, 4.69) is 5.32 Å². The fraction of sp³-hybridized carbons (Fsp3) is 0.750. The molecule has 1 heterocycles. The van der Waals surface area contributed by atoms with Gasteiger partial charge in [0.1, 0.15) is 12.7 Å². The number of carbonyl (C=O) groups excluding carboxylic acids is 1. The van der Waals surface area contributed by atoms with Crippen LogP contribution in [0.4, 0.5) is 0 Å². The lowest BCUT2D eigenvalue weighted by Crippen LogP contribution is -2.28. The molecular weight excluding hydrogens is 284 g/mol. The van der Waals surface area contributed by atoms with Crippen LogP contribution in [0.25, 0.3) is 0 Å². The highest BCUT2D eigenvalue weighted by atomic mass is 16.6. The van der Waals surface area contributed by atoms with E-state index in [1.165, 1.54) is 0 Å². The molecule has 1 aliphatic heterocycles. The van der Waals surface area contributed by atoms with E-state index in [-0.39, 0.29) is 18.1 Å². The van der Waals surface area contributed by atoms with Gasteiger partial charge >= 0.3 is 5.97 Å². The molecule has 0 aromatic carbocycles. The van der Waals surface area contributed by atoms with Gasteiger partial charge in [0.2, 0.25) is 0 Å². The van der Waals surface area contributed by atoms with Gasteiger partial charge in [-0.15, -0.1) is 0 Å². The molecule has 1 unspecified atom stereocenters. The number of nitrogens with zero attached hydrogens (tertiary/aromatic N) is 1. The van der Waals surface area contributed by atoms with Crippen LogP contribution in [0.2, 0.25) is 0 Å². The van der Waals surface area contributed by atoms with Gasteiger partial charge in [-0.05, 0) is 19.3 Å². The molecule has 0 radical (unpaired) electrons. The Labute approximate surface area is 132 Å². The Kier molecular flexibility index (Phi) is 8.56. The molecule has 0 aromatic rings. The van der Waals surface area contributed by atoms with Crippen molar-refractivity contribution >= 4 is 5.97 Å². The Morgan fingerprint density at radius 1 is 1.45 bits per heavy atom. The average molecular weight is 310 g/mol. The molecule has 124 valence electrons. The quantitative estimate of drug-likeness (QED) is 0.302. The summed E-state index contributed by atoms with van der Waals surface area (Å²) in [5.74, 6) is -0.139. The predicted octanol–water partition coefficient (Wildman–Crippen LogP) is 1.63. The van der Waals surface area contributed by atoms with Crippen LogP contribution in [0.1, 0.15) is 27.2 Å². The zero-order chi connectivity index (χ0) is 16.4. The third-order valence-corrected chi connectivity index (χ3v) is 3.43. The lowest BCUT2D eigenvalue weighted by atomic mass is 10.0. The number of hydrogen-bond acceptors (Lipinski definition) is 6. The average Bonchev–Trinajstić information content (AvgIpc) is 3.00. The summed E-state index contributed by atoms with van der Waals surface area (Å²) in [6.07, 6.45) is 0.999. The van der Waals surface area contributed by atoms with Gasteiger partial charge in [-0.1, -0.05) is 13.8 Å². The molecule has 22 heavy (non-hydrogen) atoms. The molecule has 1 N–H and O–H groups in total. The highest BCUT2D eigenvalue weighted by molar-refractivity contribution is 5.93. The molecule has 0 aliphatic carbocycles. The molecule has 0 amide bonds. The third-order valence-electron chi connectivity index (χ3n) is 3.43. The predicted molar refractivity (Wildman–Crippen MR) is 81.9 cm³/mol. The minimum absolute atomic E-state index is 0.0383. The Morgan fingerprint density at radius 3 is 2.77 bits per heavy atom. The number of esters is 1. The highest BCUT2D eigenvalue weighted by Gasteiger charge is 2.21. The van der Waals surface area contributed by atoms with Crippen molar-refractivity contribution < 1.29 is 19.0 Å². The van der Waals surface area contributed by atoms with E-state index in [9.17, 15) is 10.1 Å². The normalized spacial score (nSPS) is 18.8. The maximum absolute atomic E-state index is 12.1. The summed E-state index contributed by atoms with van der Waals surface area (Å²) in [6, 6.07) is 1.97. The molecule has 0 bridgehead atoms. The monoisotopic (exact) mass is 310 g/mol. The molecule has 1 aliphatic rings. The molecule has 0 spiro atoms. The Morgan fingerprint density at radius 2 is 2.23 bits per heavy atom. The van der Waals surface area contributed by atoms with Crippen molar-refractivity contribution in [1.82, 2.24) is 5.32 Å². The van der Waals surface area contributed by atoms with E-state index in [1.54, 1.807) is 0 Å². The van der Waals surface area contributed by atoms with Crippen molar-refractivity contribution in [2.75, 3.05) is 39.6 Å². The standard InChI is InChI=1S/C16H26N2O4/c1-4-20-7-8-22-16(19)14(9-17)15(12(2)3)18-10-13-5-6-21-11-13/h12-13,18H,4-8,10-11H2,1-3H3/b15-14+. The molecule has 0 aromatic heterocycles. The number of allylic oxidation sites excluding steroid dienone is 1. The van der Waals surface area contributed by atoms with Crippen LogP contribution in [0.3, 0.4) is 0 Å². The lowest BCUT2D eigenvalue weighted by Gasteiger charge is -2.18. The fourth-order valence-corrected chi connectivity index (χ4v) is 2.21. The van der Waals surface area contributed by atoms with Crippen LogP contribution in [0.5, 0.6) is 0 Å². The SMILES string of the molecule is CCOCCOC(=O)/C(C#N)=C(/NCC1CCOC1)C(C)C. The van der Waals surface area contributed by atoms with Gasteiger partial charge in [0.05, 0.1) is 13.2 Å². The molecule has 1 atom stereocenters. The van der Waals surface area contributed by atoms with Gasteiger partial charge < -0.3 is 19.5 Å². The molecule has 0 saturated carbocycles. The summed E-state index contributed by atoms with van der Waals surface area (Å²) in [5, 5.41) is 12.5. The molecule has 6 nitrogen and oxygen atoms in total. The molecular formula is C16H26N2O4. The first-order valence-corrected chi connectivity index (χ1v) is 7.80. The largest absolute Gasteiger partial charge is 0.459 e. The van der Waals surface area contributed by atoms with Crippen LogP contribution >= 0.6 is 0 Å². The molecule has 6 heteroatoms. The third kappa shape index (κ3) is 6.04. The van der Waals surface area contributed by atoms with Crippen molar-refractivity contribution in [2.24, 2.45) is 11.8 Å². The maximum atomic E-state index is 12.1. The number of nitrogens with one attached hydrogen (secondary N) is 1. The van der Waals surface area contributed by atoms with E-state index in [0.717, 1.165) is 19.6 Å². The van der Waals surface area contributed by atoms with Crippen LogP contribution in [0, 0.1) is 23.2 Å². The minimum Gasteiger partial charge on any atom is -0.459 e. The molecule has 1 saturated heterocycles. The second-order valence-corrected chi connectivity index (χ2v) is 5.50. The van der Waals surface area contributed by atoms with Gasteiger partial charge in [-0.2, -0.15) is 5.26 Å². The molecule has 1 rings (SSSR count). The molecule has 1 fully saturated rings. The minimum atomic E-state index is -0.596. The van der Waals surface area contributed by atoms with Crippen molar-refractivity contribution in [3.63, 3.8) is 0 Å². The van der Waals surface area contributed by atoms with Crippen LogP contribution < -0.4 is 5.32 Å². The van der Waals surface area contributed by atoms with E-state index < -0.39 is 5.97 Å².